The largest absolute Gasteiger partial charge is 0.506 e. The highest BCUT2D eigenvalue weighted by Crippen LogP contribution is 2.36. The molecule has 0 atom stereocenters. The molecule has 3 aromatic carbocycles. The molecular formula is C24H29N3O2. The maximum absolute atomic E-state index is 9.72. The van der Waals surface area contributed by atoms with Gasteiger partial charge in [-0.15, -0.1) is 0 Å². The van der Waals surface area contributed by atoms with Crippen LogP contribution in [0.1, 0.15) is 29.5 Å². The van der Waals surface area contributed by atoms with Crippen LogP contribution in [0.3, 0.4) is 0 Å². The molecule has 0 fully saturated rings. The van der Waals surface area contributed by atoms with Crippen LogP contribution in [0.25, 0.3) is 11.1 Å². The van der Waals surface area contributed by atoms with Crippen molar-refractivity contribution in [3.8, 4) is 22.6 Å². The molecule has 0 heterocycles. The predicted molar refractivity (Wildman–Crippen MR) is 121 cm³/mol. The molecule has 0 aliphatic rings. The van der Waals surface area contributed by atoms with E-state index in [1.54, 1.807) is 13.2 Å². The third-order valence-corrected chi connectivity index (χ3v) is 5.34. The molecule has 0 aromatic heterocycles. The molecule has 5 nitrogen and oxygen atoms in total. The number of hydrogen-bond donors (Lipinski definition) is 4. The number of nitrogens with two attached hydrogens (primary N) is 3. The quantitative estimate of drug-likeness (QED) is 0.265. The van der Waals surface area contributed by atoms with E-state index in [0.717, 1.165) is 47.9 Å². The van der Waals surface area contributed by atoms with Gasteiger partial charge >= 0.3 is 0 Å². The fourth-order valence-corrected chi connectivity index (χ4v) is 3.59. The molecule has 3 aromatic rings. The summed E-state index contributed by atoms with van der Waals surface area (Å²) < 4.78 is 5.35. The van der Waals surface area contributed by atoms with E-state index >= 15 is 0 Å². The van der Waals surface area contributed by atoms with E-state index in [-0.39, 0.29) is 11.4 Å². The highest BCUT2D eigenvalue weighted by Gasteiger charge is 2.12. The summed E-state index contributed by atoms with van der Waals surface area (Å²) in [4.78, 5) is 0. The molecule has 0 saturated heterocycles. The van der Waals surface area contributed by atoms with Crippen LogP contribution in [0.4, 0.5) is 17.1 Å². The van der Waals surface area contributed by atoms with Gasteiger partial charge < -0.3 is 27.0 Å². The summed E-state index contributed by atoms with van der Waals surface area (Å²) in [6.45, 7) is 2.06. The number of aromatic hydroxyl groups is 1. The summed E-state index contributed by atoms with van der Waals surface area (Å²) >= 11 is 0. The molecule has 5 heteroatoms. The molecule has 7 N–H and O–H groups in total. The second-order valence-corrected chi connectivity index (χ2v) is 7.36. The molecular weight excluding hydrogens is 362 g/mol. The van der Waals surface area contributed by atoms with Crippen LogP contribution in [0.15, 0.2) is 48.5 Å². The molecule has 3 rings (SSSR count). The van der Waals surface area contributed by atoms with Crippen molar-refractivity contribution in [3.05, 3.63) is 65.2 Å². The highest BCUT2D eigenvalue weighted by molar-refractivity contribution is 5.86. The topological polar surface area (TPSA) is 108 Å². The zero-order valence-corrected chi connectivity index (χ0v) is 17.0. The fraction of sp³-hybridized carbons (Fsp3) is 0.250. The average Bonchev–Trinajstić information content (AvgIpc) is 2.72. The third kappa shape index (κ3) is 4.40. The maximum atomic E-state index is 9.72. The molecule has 29 heavy (non-hydrogen) atoms. The number of ether oxygens (including phenoxy) is 1. The summed E-state index contributed by atoms with van der Waals surface area (Å²) in [6.07, 6.45) is 3.56. The zero-order chi connectivity index (χ0) is 21.0. The predicted octanol–water partition coefficient (Wildman–Crippen LogP) is 4.69. The molecule has 0 aliphatic heterocycles. The van der Waals surface area contributed by atoms with Gasteiger partial charge in [0.2, 0.25) is 0 Å². The summed E-state index contributed by atoms with van der Waals surface area (Å²) in [7, 11) is 1.56. The molecule has 0 saturated carbocycles. The first-order chi connectivity index (χ1) is 13.9. The van der Waals surface area contributed by atoms with Gasteiger partial charge in [0.1, 0.15) is 17.2 Å². The lowest BCUT2D eigenvalue weighted by molar-refractivity contribution is 0.405. The number of hydrogen-bond acceptors (Lipinski definition) is 5. The standard InChI is InChI=1S/C24H29N3O2/c1-15-7-9-16(10-8-15)19-13-11-17(21(25)22(19)26)5-3-4-6-18-12-14-20(28)23(27)24(18)29-2/h7-14,28H,3-6,25-27H2,1-2H3. The van der Waals surface area contributed by atoms with Crippen molar-refractivity contribution in [2.45, 2.75) is 32.6 Å². The lowest BCUT2D eigenvalue weighted by Crippen LogP contribution is -2.03. The zero-order valence-electron chi connectivity index (χ0n) is 17.0. The Balaban J connectivity index is 1.65. The Kier molecular flexibility index (Phi) is 6.17. The smallest absolute Gasteiger partial charge is 0.148 e. The van der Waals surface area contributed by atoms with Crippen LogP contribution in [-0.2, 0) is 12.8 Å². The Morgan fingerprint density at radius 1 is 0.759 bits per heavy atom. The number of phenols is 1. The van der Waals surface area contributed by atoms with Gasteiger partial charge in [0.15, 0.2) is 0 Å². The number of nitrogen functional groups attached to an aromatic ring is 3. The van der Waals surface area contributed by atoms with Gasteiger partial charge in [-0.3, -0.25) is 0 Å². The second kappa shape index (κ2) is 8.78. The van der Waals surface area contributed by atoms with E-state index in [1.807, 2.05) is 6.07 Å². The first-order valence-corrected chi connectivity index (χ1v) is 9.80. The van der Waals surface area contributed by atoms with Gasteiger partial charge in [-0.25, -0.2) is 0 Å². The number of benzene rings is 3. The monoisotopic (exact) mass is 391 g/mol. The van der Waals surface area contributed by atoms with E-state index in [4.69, 9.17) is 21.9 Å². The van der Waals surface area contributed by atoms with Gasteiger partial charge in [0, 0.05) is 5.56 Å². The van der Waals surface area contributed by atoms with Crippen molar-refractivity contribution in [1.29, 1.82) is 0 Å². The lowest BCUT2D eigenvalue weighted by atomic mass is 9.96. The van der Waals surface area contributed by atoms with Crippen LogP contribution in [-0.4, -0.2) is 12.2 Å². The molecule has 152 valence electrons. The fourth-order valence-electron chi connectivity index (χ4n) is 3.59. The lowest BCUT2D eigenvalue weighted by Gasteiger charge is -2.14. The van der Waals surface area contributed by atoms with Gasteiger partial charge in [-0.05, 0) is 55.4 Å². The van der Waals surface area contributed by atoms with Crippen LogP contribution >= 0.6 is 0 Å². The average molecular weight is 392 g/mol. The van der Waals surface area contributed by atoms with E-state index in [2.05, 4.69) is 43.3 Å². The molecule has 0 unspecified atom stereocenters. The molecule has 0 aliphatic carbocycles. The van der Waals surface area contributed by atoms with Crippen LogP contribution in [0.2, 0.25) is 0 Å². The number of rotatable bonds is 7. The molecule has 0 bridgehead atoms. The Morgan fingerprint density at radius 2 is 1.38 bits per heavy atom. The minimum absolute atomic E-state index is 0.0440. The number of methoxy groups -OCH3 is 1. The Hall–Kier alpha value is -3.34. The minimum Gasteiger partial charge on any atom is -0.506 e. The van der Waals surface area contributed by atoms with E-state index < -0.39 is 0 Å². The van der Waals surface area contributed by atoms with Gasteiger partial charge in [0.25, 0.3) is 0 Å². The summed E-state index contributed by atoms with van der Waals surface area (Å²) in [6, 6.07) is 15.9. The second-order valence-electron chi connectivity index (χ2n) is 7.36. The molecule has 0 spiro atoms. The summed E-state index contributed by atoms with van der Waals surface area (Å²) in [5.41, 5.74) is 25.5. The number of phenolic OH excluding ortho intramolecular Hbond substituents is 1. The Bertz CT molecular complexity index is 998. The SMILES string of the molecule is COc1c(CCCCc2ccc(-c3ccc(C)cc3)c(N)c2N)ccc(O)c1N. The normalized spacial score (nSPS) is 10.8. The molecule has 0 radical (unpaired) electrons. The van der Waals surface area contributed by atoms with Gasteiger partial charge in [-0.1, -0.05) is 48.0 Å². The van der Waals surface area contributed by atoms with E-state index in [1.165, 1.54) is 5.56 Å². The van der Waals surface area contributed by atoms with Crippen molar-refractivity contribution in [3.63, 3.8) is 0 Å². The Labute approximate surface area is 172 Å². The number of aryl methyl sites for hydroxylation is 3. The van der Waals surface area contributed by atoms with Crippen LogP contribution < -0.4 is 21.9 Å². The summed E-state index contributed by atoms with van der Waals surface area (Å²) in [5.74, 6) is 0.596. The van der Waals surface area contributed by atoms with Crippen molar-refractivity contribution in [1.82, 2.24) is 0 Å². The van der Waals surface area contributed by atoms with E-state index in [0.29, 0.717) is 17.1 Å². The van der Waals surface area contributed by atoms with Gasteiger partial charge in [-0.2, -0.15) is 0 Å². The first-order valence-electron chi connectivity index (χ1n) is 9.80. The van der Waals surface area contributed by atoms with Crippen LogP contribution in [0.5, 0.6) is 11.5 Å². The number of unbranched alkanes of at least 4 members (excludes halogenated alkanes) is 1. The van der Waals surface area contributed by atoms with Crippen molar-refractivity contribution in [2.75, 3.05) is 24.3 Å². The van der Waals surface area contributed by atoms with Crippen molar-refractivity contribution < 1.29 is 9.84 Å². The molecule has 0 amide bonds. The highest BCUT2D eigenvalue weighted by atomic mass is 16.5. The van der Waals surface area contributed by atoms with E-state index in [9.17, 15) is 5.11 Å². The third-order valence-electron chi connectivity index (χ3n) is 5.34. The van der Waals surface area contributed by atoms with Crippen molar-refractivity contribution in [2.24, 2.45) is 0 Å². The van der Waals surface area contributed by atoms with Gasteiger partial charge in [0.05, 0.1) is 18.5 Å². The summed E-state index contributed by atoms with van der Waals surface area (Å²) in [5, 5.41) is 9.72. The number of anilines is 3. The van der Waals surface area contributed by atoms with Crippen molar-refractivity contribution >= 4 is 17.1 Å². The maximum Gasteiger partial charge on any atom is 0.148 e. The Morgan fingerprint density at radius 3 is 2.03 bits per heavy atom. The first kappa shape index (κ1) is 20.4. The minimum atomic E-state index is 0.0440. The van der Waals surface area contributed by atoms with Crippen LogP contribution in [0, 0.1) is 6.92 Å².